The number of hydrogen-bond acceptors (Lipinski definition) is 7. The van der Waals surface area contributed by atoms with Crippen LogP contribution >= 0.6 is 0 Å². The van der Waals surface area contributed by atoms with Gasteiger partial charge in [-0.25, -0.2) is 0 Å². The van der Waals surface area contributed by atoms with E-state index in [0.29, 0.717) is 18.0 Å². The molecule has 0 amide bonds. The first-order valence-corrected chi connectivity index (χ1v) is 12.6. The number of aromatic nitrogens is 1. The summed E-state index contributed by atoms with van der Waals surface area (Å²) in [6, 6.07) is 15.5. The van der Waals surface area contributed by atoms with Gasteiger partial charge in [0.15, 0.2) is 11.5 Å². The molecule has 0 bridgehead atoms. The van der Waals surface area contributed by atoms with Crippen LogP contribution in [-0.4, -0.2) is 61.2 Å². The molecule has 0 spiro atoms. The molecular formula is C29H31N3O5. The molecule has 2 aromatic carbocycles. The first-order chi connectivity index (χ1) is 18.1. The van der Waals surface area contributed by atoms with E-state index in [1.165, 1.54) is 23.6 Å². The third-order valence-corrected chi connectivity index (χ3v) is 7.80. The molecule has 4 heterocycles. The van der Waals surface area contributed by atoms with Crippen molar-refractivity contribution >= 4 is 16.9 Å². The number of carbonyl (C=O) groups excluding carboxylic acids is 1. The molecule has 6 rings (SSSR count). The van der Waals surface area contributed by atoms with E-state index < -0.39 is 6.04 Å². The van der Waals surface area contributed by atoms with Crippen molar-refractivity contribution in [2.24, 2.45) is 0 Å². The van der Waals surface area contributed by atoms with Gasteiger partial charge in [0.1, 0.15) is 11.8 Å². The Hall–Kier alpha value is -3.75. The van der Waals surface area contributed by atoms with E-state index in [2.05, 4.69) is 51.3 Å². The fraction of sp³-hybridized carbons (Fsp3) is 0.345. The van der Waals surface area contributed by atoms with Crippen LogP contribution in [0.1, 0.15) is 34.7 Å². The van der Waals surface area contributed by atoms with Gasteiger partial charge in [-0.2, -0.15) is 0 Å². The molecule has 4 aromatic rings. The number of furan rings is 1. The fourth-order valence-electron chi connectivity index (χ4n) is 6.13. The van der Waals surface area contributed by atoms with Crippen molar-refractivity contribution in [3.63, 3.8) is 0 Å². The van der Waals surface area contributed by atoms with Gasteiger partial charge in [0.05, 0.1) is 39.8 Å². The third-order valence-electron chi connectivity index (χ3n) is 7.80. The minimum Gasteiger partial charge on any atom is -0.493 e. The second-order valence-electron chi connectivity index (χ2n) is 9.54. The van der Waals surface area contributed by atoms with Gasteiger partial charge in [-0.05, 0) is 59.9 Å². The van der Waals surface area contributed by atoms with Crippen molar-refractivity contribution in [1.29, 1.82) is 0 Å². The number of H-pyrrole nitrogens is 1. The highest BCUT2D eigenvalue weighted by Gasteiger charge is 2.54. The fourth-order valence-corrected chi connectivity index (χ4v) is 6.13. The molecule has 1 N–H and O–H groups in total. The van der Waals surface area contributed by atoms with Gasteiger partial charge in [-0.3, -0.25) is 14.6 Å². The Bertz CT molecular complexity index is 1410. The number of nitrogens with zero attached hydrogens (tertiary/aromatic N) is 2. The average molecular weight is 502 g/mol. The molecule has 8 heteroatoms. The predicted octanol–water partition coefficient (Wildman–Crippen LogP) is 4.48. The highest BCUT2D eigenvalue weighted by Crippen LogP contribution is 2.50. The maximum Gasteiger partial charge on any atom is 0.325 e. The lowest BCUT2D eigenvalue weighted by Gasteiger charge is -2.37. The number of para-hydroxylation sites is 1. The van der Waals surface area contributed by atoms with E-state index >= 15 is 0 Å². The van der Waals surface area contributed by atoms with Crippen molar-refractivity contribution in [1.82, 2.24) is 14.8 Å². The number of methoxy groups -OCH3 is 3. The standard InChI is InChI=1S/C29H31N3O5/c1-34-24-15-18-10-12-32-27(29(33)36-3)26(23-9-6-14-37-23)31(28(32)21(18)16-25(24)35-2)13-11-19-17-30-22-8-5-4-7-20(19)22/h4-9,14-17,26-28,30H,10-13H2,1-3H3/t26-,27-,28+/m0/s1. The summed E-state index contributed by atoms with van der Waals surface area (Å²) in [5.74, 6) is 1.89. The Morgan fingerprint density at radius 1 is 1.08 bits per heavy atom. The van der Waals surface area contributed by atoms with Gasteiger partial charge >= 0.3 is 5.97 Å². The predicted molar refractivity (Wildman–Crippen MR) is 139 cm³/mol. The number of esters is 1. The minimum absolute atomic E-state index is 0.145. The Labute approximate surface area is 215 Å². The SMILES string of the molecule is COC(=O)[C@@H]1[C@H](c2ccco2)N(CCc2c[nH]c3ccccc23)[C@H]2c3cc(OC)c(OC)cc3CCN21. The zero-order chi connectivity index (χ0) is 25.5. The van der Waals surface area contributed by atoms with Gasteiger partial charge in [-0.1, -0.05) is 18.2 Å². The van der Waals surface area contributed by atoms with Crippen LogP contribution in [-0.2, 0) is 22.4 Å². The van der Waals surface area contributed by atoms with Crippen LogP contribution in [0.4, 0.5) is 0 Å². The number of rotatable bonds is 7. The summed E-state index contributed by atoms with van der Waals surface area (Å²) < 4.78 is 22.5. The lowest BCUT2D eigenvalue weighted by molar-refractivity contribution is -0.147. The molecule has 0 radical (unpaired) electrons. The largest absolute Gasteiger partial charge is 0.493 e. The van der Waals surface area contributed by atoms with E-state index in [4.69, 9.17) is 18.6 Å². The third kappa shape index (κ3) is 3.88. The molecule has 2 aliphatic heterocycles. The molecule has 37 heavy (non-hydrogen) atoms. The molecule has 3 atom stereocenters. The van der Waals surface area contributed by atoms with Crippen molar-refractivity contribution in [3.8, 4) is 11.5 Å². The monoisotopic (exact) mass is 501 g/mol. The van der Waals surface area contributed by atoms with E-state index in [1.807, 2.05) is 18.2 Å². The summed E-state index contributed by atoms with van der Waals surface area (Å²) in [5.41, 5.74) is 4.67. The zero-order valence-electron chi connectivity index (χ0n) is 21.3. The van der Waals surface area contributed by atoms with Crippen LogP contribution < -0.4 is 9.47 Å². The number of aromatic amines is 1. The molecule has 8 nitrogen and oxygen atoms in total. The Balaban J connectivity index is 1.46. The zero-order valence-corrected chi connectivity index (χ0v) is 21.3. The smallest absolute Gasteiger partial charge is 0.325 e. The van der Waals surface area contributed by atoms with Crippen molar-refractivity contribution < 1.29 is 23.4 Å². The van der Waals surface area contributed by atoms with Crippen LogP contribution in [0.3, 0.4) is 0 Å². The Morgan fingerprint density at radius 2 is 1.89 bits per heavy atom. The quantitative estimate of drug-likeness (QED) is 0.374. The number of benzene rings is 2. The van der Waals surface area contributed by atoms with Crippen LogP contribution in [0.2, 0.25) is 0 Å². The summed E-state index contributed by atoms with van der Waals surface area (Å²) in [7, 11) is 4.76. The van der Waals surface area contributed by atoms with Gasteiger partial charge in [0.2, 0.25) is 0 Å². The molecule has 2 aromatic heterocycles. The molecule has 0 unspecified atom stereocenters. The summed E-state index contributed by atoms with van der Waals surface area (Å²) in [4.78, 5) is 21.3. The van der Waals surface area contributed by atoms with Gasteiger partial charge in [0.25, 0.3) is 0 Å². The molecular weight excluding hydrogens is 470 g/mol. The second kappa shape index (κ2) is 9.61. The lowest BCUT2D eigenvalue weighted by atomic mass is 9.95. The van der Waals surface area contributed by atoms with Crippen LogP contribution in [0.25, 0.3) is 10.9 Å². The van der Waals surface area contributed by atoms with E-state index in [1.54, 1.807) is 20.5 Å². The first-order valence-electron chi connectivity index (χ1n) is 12.6. The average Bonchev–Trinajstić information content (AvgIpc) is 3.68. The number of ether oxygens (including phenoxy) is 3. The van der Waals surface area contributed by atoms with Crippen LogP contribution in [0.15, 0.2) is 65.4 Å². The highest BCUT2D eigenvalue weighted by molar-refractivity contribution is 5.83. The normalized spacial score (nSPS) is 21.5. The number of hydrogen-bond donors (Lipinski definition) is 1. The van der Waals surface area contributed by atoms with E-state index in [-0.39, 0.29) is 18.2 Å². The van der Waals surface area contributed by atoms with Gasteiger partial charge in [0, 0.05) is 30.2 Å². The maximum absolute atomic E-state index is 13.3. The molecule has 0 saturated carbocycles. The van der Waals surface area contributed by atoms with Gasteiger partial charge < -0.3 is 23.6 Å². The van der Waals surface area contributed by atoms with Crippen molar-refractivity contribution in [3.05, 3.63) is 83.4 Å². The minimum atomic E-state index is -0.495. The maximum atomic E-state index is 13.3. The lowest BCUT2D eigenvalue weighted by Crippen LogP contribution is -2.43. The number of fused-ring (bicyclic) bond motifs is 4. The molecule has 0 aliphatic carbocycles. The van der Waals surface area contributed by atoms with Gasteiger partial charge in [-0.15, -0.1) is 0 Å². The van der Waals surface area contributed by atoms with E-state index in [9.17, 15) is 4.79 Å². The highest BCUT2D eigenvalue weighted by atomic mass is 16.5. The number of nitrogens with one attached hydrogen (secondary N) is 1. The first kappa shape index (κ1) is 23.6. The topological polar surface area (TPSA) is 80.2 Å². The molecule has 2 aliphatic rings. The molecule has 192 valence electrons. The summed E-state index contributed by atoms with van der Waals surface area (Å²) in [5, 5.41) is 1.22. The van der Waals surface area contributed by atoms with Crippen molar-refractivity contribution in [2.45, 2.75) is 31.1 Å². The van der Waals surface area contributed by atoms with Crippen LogP contribution in [0, 0.1) is 0 Å². The summed E-state index contributed by atoms with van der Waals surface area (Å²) >= 11 is 0. The number of carbonyl (C=O) groups is 1. The second-order valence-corrected chi connectivity index (χ2v) is 9.54. The Kier molecular flexibility index (Phi) is 6.14. The van der Waals surface area contributed by atoms with Crippen molar-refractivity contribution in [2.75, 3.05) is 34.4 Å². The van der Waals surface area contributed by atoms with E-state index in [0.717, 1.165) is 36.2 Å². The molecule has 1 fully saturated rings. The van der Waals surface area contributed by atoms with Crippen LogP contribution in [0.5, 0.6) is 11.5 Å². The summed E-state index contributed by atoms with van der Waals surface area (Å²) in [6.45, 7) is 1.43. The summed E-state index contributed by atoms with van der Waals surface area (Å²) in [6.07, 6.45) is 5.21. The molecule has 1 saturated heterocycles. The Morgan fingerprint density at radius 3 is 2.65 bits per heavy atom.